The monoisotopic (exact) mass is 154 g/mol. The van der Waals surface area contributed by atoms with Crippen LogP contribution in [0.2, 0.25) is 0 Å². The molecule has 4 heteroatoms. The van der Waals surface area contributed by atoms with E-state index in [9.17, 15) is 4.79 Å². The van der Waals surface area contributed by atoms with Gasteiger partial charge in [0.25, 0.3) is 0 Å². The Hall–Kier alpha value is -1.32. The van der Waals surface area contributed by atoms with Crippen LogP contribution in [-0.4, -0.2) is 15.5 Å². The van der Waals surface area contributed by atoms with Crippen molar-refractivity contribution >= 4 is 5.97 Å². The Labute approximate surface area is 64.8 Å². The number of imidazole rings is 1. The number of esters is 1. The first kappa shape index (κ1) is 7.78. The van der Waals surface area contributed by atoms with Crippen molar-refractivity contribution < 1.29 is 9.53 Å². The summed E-state index contributed by atoms with van der Waals surface area (Å²) in [7, 11) is 0. The lowest BCUT2D eigenvalue weighted by atomic mass is 10.6. The van der Waals surface area contributed by atoms with Crippen molar-refractivity contribution in [3.63, 3.8) is 0 Å². The maximum absolute atomic E-state index is 10.5. The van der Waals surface area contributed by atoms with Crippen LogP contribution in [0.25, 0.3) is 0 Å². The van der Waals surface area contributed by atoms with Gasteiger partial charge in [0.05, 0.1) is 6.33 Å². The van der Waals surface area contributed by atoms with E-state index in [0.717, 1.165) is 0 Å². The molecule has 0 N–H and O–H groups in total. The van der Waals surface area contributed by atoms with E-state index in [2.05, 4.69) is 4.98 Å². The summed E-state index contributed by atoms with van der Waals surface area (Å²) in [6.45, 7) is 3.16. The zero-order chi connectivity index (χ0) is 8.27. The van der Waals surface area contributed by atoms with Gasteiger partial charge in [0.15, 0.2) is 6.23 Å². The second kappa shape index (κ2) is 3.18. The molecule has 0 radical (unpaired) electrons. The van der Waals surface area contributed by atoms with Crippen LogP contribution in [0.1, 0.15) is 20.1 Å². The molecule has 0 saturated carbocycles. The van der Waals surface area contributed by atoms with E-state index in [1.54, 1.807) is 30.2 Å². The molecule has 60 valence electrons. The van der Waals surface area contributed by atoms with E-state index >= 15 is 0 Å². The molecule has 0 amide bonds. The maximum atomic E-state index is 10.5. The second-order valence-corrected chi connectivity index (χ2v) is 2.22. The summed E-state index contributed by atoms with van der Waals surface area (Å²) >= 11 is 0. The van der Waals surface area contributed by atoms with Crippen LogP contribution in [0, 0.1) is 0 Å². The van der Waals surface area contributed by atoms with Gasteiger partial charge in [0.1, 0.15) is 0 Å². The van der Waals surface area contributed by atoms with Crippen molar-refractivity contribution in [2.45, 2.75) is 20.1 Å². The van der Waals surface area contributed by atoms with Gasteiger partial charge >= 0.3 is 5.97 Å². The summed E-state index contributed by atoms with van der Waals surface area (Å²) in [5, 5.41) is 0. The van der Waals surface area contributed by atoms with Gasteiger partial charge in [-0.05, 0) is 6.92 Å². The molecular weight excluding hydrogens is 144 g/mol. The van der Waals surface area contributed by atoms with Crippen molar-refractivity contribution in [1.29, 1.82) is 0 Å². The standard InChI is InChI=1S/C7H10N2O2/c1-6(11-7(2)10)9-4-3-8-5-9/h3-6H,1-2H3/t6-/m1/s1. The molecule has 0 saturated heterocycles. The zero-order valence-electron chi connectivity index (χ0n) is 6.52. The first-order valence-electron chi connectivity index (χ1n) is 3.35. The lowest BCUT2D eigenvalue weighted by Crippen LogP contribution is -2.10. The summed E-state index contributed by atoms with van der Waals surface area (Å²) in [6, 6.07) is 0. The third-order valence-corrected chi connectivity index (χ3v) is 1.28. The van der Waals surface area contributed by atoms with Gasteiger partial charge < -0.3 is 9.30 Å². The lowest BCUT2D eigenvalue weighted by molar-refractivity contribution is -0.149. The molecule has 1 rings (SSSR count). The van der Waals surface area contributed by atoms with Crippen LogP contribution in [-0.2, 0) is 9.53 Å². The van der Waals surface area contributed by atoms with Crippen molar-refractivity contribution in [3.8, 4) is 0 Å². The molecule has 1 aromatic rings. The third kappa shape index (κ3) is 2.07. The second-order valence-electron chi connectivity index (χ2n) is 2.22. The molecule has 4 nitrogen and oxygen atoms in total. The lowest BCUT2D eigenvalue weighted by Gasteiger charge is -2.11. The summed E-state index contributed by atoms with van der Waals surface area (Å²) in [5.41, 5.74) is 0. The molecule has 1 heterocycles. The molecule has 11 heavy (non-hydrogen) atoms. The molecule has 0 aromatic carbocycles. The van der Waals surface area contributed by atoms with Crippen LogP contribution >= 0.6 is 0 Å². The SMILES string of the molecule is CC(=O)O[C@H](C)n1ccnc1. The van der Waals surface area contributed by atoms with Gasteiger partial charge in [-0.3, -0.25) is 4.79 Å². The summed E-state index contributed by atoms with van der Waals surface area (Å²) < 4.78 is 6.59. The van der Waals surface area contributed by atoms with E-state index in [1.807, 2.05) is 0 Å². The van der Waals surface area contributed by atoms with Crippen molar-refractivity contribution in [2.24, 2.45) is 0 Å². The van der Waals surface area contributed by atoms with E-state index < -0.39 is 0 Å². The fraction of sp³-hybridized carbons (Fsp3) is 0.429. The van der Waals surface area contributed by atoms with Gasteiger partial charge in [-0.1, -0.05) is 0 Å². The fourth-order valence-electron chi connectivity index (χ4n) is 0.786. The van der Waals surface area contributed by atoms with Crippen LogP contribution in [0.15, 0.2) is 18.7 Å². The normalized spacial score (nSPS) is 12.5. The number of aromatic nitrogens is 2. The number of carbonyl (C=O) groups is 1. The highest BCUT2D eigenvalue weighted by atomic mass is 16.6. The highest BCUT2D eigenvalue weighted by Crippen LogP contribution is 2.05. The number of hydrogen-bond donors (Lipinski definition) is 0. The third-order valence-electron chi connectivity index (χ3n) is 1.28. The summed E-state index contributed by atoms with van der Waals surface area (Å²) in [5.74, 6) is -0.286. The van der Waals surface area contributed by atoms with Crippen LogP contribution in [0.3, 0.4) is 0 Å². The van der Waals surface area contributed by atoms with E-state index in [4.69, 9.17) is 4.74 Å². The topological polar surface area (TPSA) is 44.1 Å². The number of hydrogen-bond acceptors (Lipinski definition) is 3. The average Bonchev–Trinajstić information content (AvgIpc) is 2.35. The van der Waals surface area contributed by atoms with Crippen molar-refractivity contribution in [2.75, 3.05) is 0 Å². The first-order valence-corrected chi connectivity index (χ1v) is 3.35. The molecular formula is C7H10N2O2. The quantitative estimate of drug-likeness (QED) is 0.596. The van der Waals surface area contributed by atoms with Crippen LogP contribution < -0.4 is 0 Å². The number of rotatable bonds is 2. The predicted molar refractivity (Wildman–Crippen MR) is 38.7 cm³/mol. The van der Waals surface area contributed by atoms with Gasteiger partial charge in [0, 0.05) is 19.3 Å². The highest BCUT2D eigenvalue weighted by Gasteiger charge is 2.04. The minimum atomic E-state index is -0.286. The predicted octanol–water partition coefficient (Wildman–Crippen LogP) is 0.965. The van der Waals surface area contributed by atoms with Crippen molar-refractivity contribution in [3.05, 3.63) is 18.7 Å². The molecule has 0 fully saturated rings. The fourth-order valence-corrected chi connectivity index (χ4v) is 0.786. The Balaban J connectivity index is 2.56. The molecule has 0 bridgehead atoms. The van der Waals surface area contributed by atoms with Crippen LogP contribution in [0.4, 0.5) is 0 Å². The summed E-state index contributed by atoms with van der Waals surface area (Å²) in [6.07, 6.45) is 4.72. The van der Waals surface area contributed by atoms with Gasteiger partial charge in [-0.2, -0.15) is 0 Å². The molecule has 0 unspecified atom stereocenters. The van der Waals surface area contributed by atoms with Gasteiger partial charge in [0.2, 0.25) is 0 Å². The summed E-state index contributed by atoms with van der Waals surface area (Å²) in [4.78, 5) is 14.3. The van der Waals surface area contributed by atoms with Gasteiger partial charge in [-0.15, -0.1) is 0 Å². The Morgan fingerprint density at radius 3 is 2.91 bits per heavy atom. The minimum absolute atomic E-state index is 0.269. The molecule has 0 aliphatic rings. The largest absolute Gasteiger partial charge is 0.442 e. The Bertz CT molecular complexity index is 231. The number of nitrogens with zero attached hydrogens (tertiary/aromatic N) is 2. The molecule has 0 spiro atoms. The highest BCUT2D eigenvalue weighted by molar-refractivity contribution is 5.65. The van der Waals surface area contributed by atoms with Crippen LogP contribution in [0.5, 0.6) is 0 Å². The molecule has 1 atom stereocenters. The van der Waals surface area contributed by atoms with E-state index in [1.165, 1.54) is 6.92 Å². The van der Waals surface area contributed by atoms with E-state index in [-0.39, 0.29) is 12.2 Å². The van der Waals surface area contributed by atoms with Gasteiger partial charge in [-0.25, -0.2) is 4.98 Å². The molecule has 0 aliphatic carbocycles. The minimum Gasteiger partial charge on any atom is -0.442 e. The smallest absolute Gasteiger partial charge is 0.304 e. The number of carbonyl (C=O) groups excluding carboxylic acids is 1. The average molecular weight is 154 g/mol. The zero-order valence-corrected chi connectivity index (χ0v) is 6.52. The maximum Gasteiger partial charge on any atom is 0.304 e. The number of ether oxygens (including phenoxy) is 1. The Morgan fingerprint density at radius 1 is 1.73 bits per heavy atom. The first-order chi connectivity index (χ1) is 5.20. The van der Waals surface area contributed by atoms with E-state index in [0.29, 0.717) is 0 Å². The Kier molecular flexibility index (Phi) is 2.25. The Morgan fingerprint density at radius 2 is 2.45 bits per heavy atom. The molecule has 1 aromatic heterocycles. The van der Waals surface area contributed by atoms with Crippen molar-refractivity contribution in [1.82, 2.24) is 9.55 Å². The molecule has 0 aliphatic heterocycles.